The van der Waals surface area contributed by atoms with E-state index in [2.05, 4.69) is 10.2 Å². The second kappa shape index (κ2) is 16.8. The lowest BCUT2D eigenvalue weighted by Gasteiger charge is -2.44. The van der Waals surface area contributed by atoms with Crippen LogP contribution in [0.4, 0.5) is 26.3 Å². The maximum atomic E-state index is 14.5. The van der Waals surface area contributed by atoms with Gasteiger partial charge in [0.05, 0.1) is 26.3 Å². The molecule has 0 bridgehead atoms. The number of amides is 1. The fraction of sp³-hybridized carbons (Fsp3) is 0.571. The van der Waals surface area contributed by atoms with Gasteiger partial charge >= 0.3 is 18.3 Å². The highest BCUT2D eigenvalue weighted by Crippen LogP contribution is 2.48. The molecule has 1 aliphatic carbocycles. The second-order valence-electron chi connectivity index (χ2n) is 15.8. The number of rotatable bonds is 12. The number of fused-ring (bicyclic) bond motifs is 1. The summed E-state index contributed by atoms with van der Waals surface area (Å²) in [6.07, 6.45) is -2.03. The van der Waals surface area contributed by atoms with Gasteiger partial charge in [-0.05, 0) is 110 Å². The average Bonchev–Trinajstić information content (AvgIpc) is 3.16. The minimum Gasteiger partial charge on any atom is -0.496 e. The Kier molecular flexibility index (Phi) is 12.5. The Morgan fingerprint density at radius 2 is 1.43 bits per heavy atom. The van der Waals surface area contributed by atoms with E-state index >= 15 is 0 Å². The SMILES string of the molecule is COc1ccc(CCN2CCC3(CCCCC3)CC2)c(OC)c1-c1cccc2c(C[C@H](NC(=O)C3(C(F)(F)F)CCN(CC(F)(F)F)CC3)C(=O)O)cccc12. The first-order chi connectivity index (χ1) is 26.6. The van der Waals surface area contributed by atoms with E-state index in [1.807, 2.05) is 24.3 Å². The molecule has 0 aromatic heterocycles. The van der Waals surface area contributed by atoms with E-state index in [1.54, 1.807) is 38.5 Å². The molecule has 1 saturated carbocycles. The minimum absolute atomic E-state index is 0.346. The zero-order valence-corrected chi connectivity index (χ0v) is 32.0. The number of aliphatic carboxylic acids is 1. The molecule has 306 valence electrons. The summed E-state index contributed by atoms with van der Waals surface area (Å²) in [5, 5.41) is 13.6. The molecule has 3 aromatic rings. The number of nitrogens with one attached hydrogen (secondary N) is 1. The molecule has 1 atom stereocenters. The van der Waals surface area contributed by atoms with E-state index in [0.29, 0.717) is 38.8 Å². The van der Waals surface area contributed by atoms with Crippen molar-refractivity contribution in [3.8, 4) is 22.6 Å². The van der Waals surface area contributed by atoms with Crippen LogP contribution in [-0.4, -0.2) is 98.7 Å². The Balaban J connectivity index is 1.24. The molecule has 2 saturated heterocycles. The lowest BCUT2D eigenvalue weighted by molar-refractivity contribution is -0.236. The largest absolute Gasteiger partial charge is 0.496 e. The topological polar surface area (TPSA) is 91.3 Å². The van der Waals surface area contributed by atoms with Crippen molar-refractivity contribution in [3.63, 3.8) is 0 Å². The molecule has 1 spiro atoms. The fourth-order valence-corrected chi connectivity index (χ4v) is 9.27. The first-order valence-electron chi connectivity index (χ1n) is 19.5. The molecule has 0 unspecified atom stereocenters. The van der Waals surface area contributed by atoms with Gasteiger partial charge in [-0.3, -0.25) is 9.69 Å². The van der Waals surface area contributed by atoms with Crippen LogP contribution in [0.1, 0.15) is 68.9 Å². The van der Waals surface area contributed by atoms with Gasteiger partial charge in [0.2, 0.25) is 5.91 Å². The first-order valence-corrected chi connectivity index (χ1v) is 19.5. The molecule has 1 amide bonds. The molecular weight excluding hydrogens is 740 g/mol. The Labute approximate surface area is 323 Å². The maximum Gasteiger partial charge on any atom is 0.403 e. The second-order valence-corrected chi connectivity index (χ2v) is 15.8. The van der Waals surface area contributed by atoms with Crippen molar-refractivity contribution in [2.75, 3.05) is 53.5 Å². The fourth-order valence-electron chi connectivity index (χ4n) is 9.27. The molecule has 3 aliphatic rings. The lowest BCUT2D eigenvalue weighted by atomic mass is 9.68. The number of carboxylic acids is 1. The number of ether oxygens (including phenoxy) is 2. The van der Waals surface area contributed by atoms with Crippen LogP contribution in [0.25, 0.3) is 21.9 Å². The number of carbonyl (C=O) groups is 2. The molecule has 3 fully saturated rings. The summed E-state index contributed by atoms with van der Waals surface area (Å²) < 4.78 is 94.2. The van der Waals surface area contributed by atoms with Crippen LogP contribution in [0.15, 0.2) is 48.5 Å². The number of methoxy groups -OCH3 is 2. The summed E-state index contributed by atoms with van der Waals surface area (Å²) in [5.41, 5.74) is 0.406. The Hall–Kier alpha value is -4.04. The molecule has 8 nitrogen and oxygen atoms in total. The summed E-state index contributed by atoms with van der Waals surface area (Å²) in [5.74, 6) is -1.89. The van der Waals surface area contributed by atoms with Crippen molar-refractivity contribution in [1.82, 2.24) is 15.1 Å². The van der Waals surface area contributed by atoms with Gasteiger partial charge < -0.3 is 24.8 Å². The van der Waals surface area contributed by atoms with Crippen LogP contribution >= 0.6 is 0 Å². The smallest absolute Gasteiger partial charge is 0.403 e. The normalized spacial score (nSPS) is 19.8. The average molecular weight is 792 g/mol. The van der Waals surface area contributed by atoms with Crippen LogP contribution in [0.3, 0.4) is 0 Å². The number of halogens is 6. The van der Waals surface area contributed by atoms with E-state index in [0.717, 1.165) is 42.1 Å². The van der Waals surface area contributed by atoms with Crippen molar-refractivity contribution >= 4 is 22.6 Å². The number of likely N-dealkylation sites (tertiary alicyclic amines) is 2. The number of hydrogen-bond acceptors (Lipinski definition) is 6. The monoisotopic (exact) mass is 791 g/mol. The van der Waals surface area contributed by atoms with E-state index < -0.39 is 68.2 Å². The van der Waals surface area contributed by atoms with Gasteiger partial charge in [-0.2, -0.15) is 26.3 Å². The molecule has 2 heterocycles. The standard InChI is InChI=1S/C42H51F6N3O5/c1-55-34-13-12-28(14-21-50-22-17-39(18-23-50)15-4-3-5-16-39)36(56-2)35(34)32-11-7-9-30-29(8-6-10-31(30)32)26-33(37(52)53)49-38(54)40(42(46,47)48)19-24-51(25-20-40)27-41(43,44)45/h6-13,33H,3-5,14-27H2,1-2H3,(H,49,54)(H,52,53)/t33-/m0/s1. The Morgan fingerprint density at radius 1 is 0.786 bits per heavy atom. The van der Waals surface area contributed by atoms with Crippen LogP contribution in [0.5, 0.6) is 11.5 Å². The van der Waals surface area contributed by atoms with Crippen molar-refractivity contribution in [2.45, 2.75) is 89.0 Å². The number of benzene rings is 3. The van der Waals surface area contributed by atoms with E-state index in [9.17, 15) is 41.0 Å². The van der Waals surface area contributed by atoms with Gasteiger partial charge in [-0.1, -0.05) is 61.7 Å². The highest BCUT2D eigenvalue weighted by atomic mass is 19.4. The maximum absolute atomic E-state index is 14.5. The molecule has 3 aromatic carbocycles. The highest BCUT2D eigenvalue weighted by molar-refractivity contribution is 6.01. The number of hydrogen-bond donors (Lipinski definition) is 2. The van der Waals surface area contributed by atoms with E-state index in [-0.39, 0.29) is 6.42 Å². The quantitative estimate of drug-likeness (QED) is 0.178. The molecule has 0 radical (unpaired) electrons. The number of carboxylic acid groups (broad SMARTS) is 1. The zero-order valence-electron chi connectivity index (χ0n) is 32.0. The Bertz CT molecular complexity index is 1860. The van der Waals surface area contributed by atoms with Crippen molar-refractivity contribution in [3.05, 3.63) is 59.7 Å². The summed E-state index contributed by atoms with van der Waals surface area (Å²) in [7, 11) is 3.18. The summed E-state index contributed by atoms with van der Waals surface area (Å²) >= 11 is 0. The first kappa shape index (κ1) is 41.6. The molecule has 6 rings (SSSR count). The molecule has 2 aliphatic heterocycles. The number of carbonyl (C=O) groups excluding carboxylic acids is 1. The van der Waals surface area contributed by atoms with Gasteiger partial charge in [0, 0.05) is 13.0 Å². The molecular formula is C42H51F6N3O5. The molecule has 2 N–H and O–H groups in total. The van der Waals surface area contributed by atoms with Crippen molar-refractivity contribution in [2.24, 2.45) is 10.8 Å². The number of alkyl halides is 6. The van der Waals surface area contributed by atoms with Gasteiger partial charge in [-0.15, -0.1) is 0 Å². The van der Waals surface area contributed by atoms with Gasteiger partial charge in [0.1, 0.15) is 23.0 Å². The third-order valence-corrected chi connectivity index (χ3v) is 12.6. The van der Waals surface area contributed by atoms with Crippen molar-refractivity contribution in [1.29, 1.82) is 0 Å². The summed E-state index contributed by atoms with van der Waals surface area (Å²) in [4.78, 5) is 29.2. The molecule has 56 heavy (non-hydrogen) atoms. The van der Waals surface area contributed by atoms with Crippen LogP contribution in [-0.2, 0) is 22.4 Å². The summed E-state index contributed by atoms with van der Waals surface area (Å²) in [6, 6.07) is 12.9. The third kappa shape index (κ3) is 8.91. The van der Waals surface area contributed by atoms with Crippen molar-refractivity contribution < 1.29 is 50.5 Å². The van der Waals surface area contributed by atoms with E-state index in [1.165, 1.54) is 44.9 Å². The summed E-state index contributed by atoms with van der Waals surface area (Å²) in [6.45, 7) is 0.388. The minimum atomic E-state index is -5.11. The van der Waals surface area contributed by atoms with Crippen LogP contribution in [0, 0.1) is 10.8 Å². The number of piperidine rings is 2. The highest BCUT2D eigenvalue weighted by Gasteiger charge is 2.61. The lowest BCUT2D eigenvalue weighted by Crippen LogP contribution is -2.59. The third-order valence-electron chi connectivity index (χ3n) is 12.6. The predicted molar refractivity (Wildman–Crippen MR) is 201 cm³/mol. The predicted octanol–water partition coefficient (Wildman–Crippen LogP) is 8.43. The van der Waals surface area contributed by atoms with Crippen LogP contribution in [0.2, 0.25) is 0 Å². The van der Waals surface area contributed by atoms with Crippen LogP contribution < -0.4 is 14.8 Å². The molecule has 14 heteroatoms. The Morgan fingerprint density at radius 3 is 2.04 bits per heavy atom. The van der Waals surface area contributed by atoms with Gasteiger partial charge in [0.15, 0.2) is 0 Å². The number of nitrogens with zero attached hydrogens (tertiary/aromatic N) is 2. The van der Waals surface area contributed by atoms with Gasteiger partial charge in [0.25, 0.3) is 0 Å². The van der Waals surface area contributed by atoms with E-state index in [4.69, 9.17) is 9.47 Å². The zero-order chi connectivity index (χ0) is 40.3. The van der Waals surface area contributed by atoms with Gasteiger partial charge in [-0.25, -0.2) is 4.79 Å².